The molecule has 0 saturated carbocycles. The molecule has 0 fully saturated rings. The zero-order valence-corrected chi connectivity index (χ0v) is 12.8. The Morgan fingerprint density at radius 1 is 1.05 bits per heavy atom. The first kappa shape index (κ1) is 15.4. The van der Waals surface area contributed by atoms with E-state index in [1.165, 1.54) is 11.1 Å². The van der Waals surface area contributed by atoms with Gasteiger partial charge in [0.15, 0.2) is 0 Å². The van der Waals surface area contributed by atoms with E-state index in [9.17, 15) is 5.11 Å². The summed E-state index contributed by atoms with van der Waals surface area (Å²) in [6, 6.07) is 13.7. The molecule has 0 saturated heterocycles. The Morgan fingerprint density at radius 3 is 2.48 bits per heavy atom. The van der Waals surface area contributed by atoms with Gasteiger partial charge in [-0.15, -0.1) is 0 Å². The first-order valence-corrected chi connectivity index (χ1v) is 7.10. The standard InChI is InChI=1S/C18H22O3/c1-13-6-4-5-7-14(13)8-10-17(19)16-12-15(20-2)9-11-18(16)21-3/h4-7,9,11-12,17,19H,8,10H2,1-3H3. The van der Waals surface area contributed by atoms with Crippen LogP contribution in [0.25, 0.3) is 0 Å². The van der Waals surface area contributed by atoms with Gasteiger partial charge in [-0.1, -0.05) is 24.3 Å². The molecule has 112 valence electrons. The lowest BCUT2D eigenvalue weighted by molar-refractivity contribution is 0.163. The van der Waals surface area contributed by atoms with E-state index < -0.39 is 6.10 Å². The van der Waals surface area contributed by atoms with Crippen molar-refractivity contribution in [1.82, 2.24) is 0 Å². The molecule has 2 aromatic rings. The van der Waals surface area contributed by atoms with Crippen molar-refractivity contribution in [3.05, 3.63) is 59.2 Å². The highest BCUT2D eigenvalue weighted by Gasteiger charge is 2.15. The van der Waals surface area contributed by atoms with Gasteiger partial charge in [0.05, 0.1) is 20.3 Å². The van der Waals surface area contributed by atoms with Gasteiger partial charge in [-0.05, 0) is 49.1 Å². The molecule has 2 aromatic carbocycles. The molecular formula is C18H22O3. The number of methoxy groups -OCH3 is 2. The van der Waals surface area contributed by atoms with Gasteiger partial charge in [-0.2, -0.15) is 0 Å². The number of hydrogen-bond acceptors (Lipinski definition) is 3. The molecule has 0 amide bonds. The van der Waals surface area contributed by atoms with Crippen molar-refractivity contribution in [3.63, 3.8) is 0 Å². The molecule has 3 heteroatoms. The van der Waals surface area contributed by atoms with Crippen molar-refractivity contribution in [3.8, 4) is 11.5 Å². The second-order valence-corrected chi connectivity index (χ2v) is 5.09. The molecule has 0 radical (unpaired) electrons. The highest BCUT2D eigenvalue weighted by atomic mass is 16.5. The van der Waals surface area contributed by atoms with E-state index in [1.54, 1.807) is 14.2 Å². The maximum Gasteiger partial charge on any atom is 0.124 e. The Balaban J connectivity index is 2.13. The molecule has 0 bridgehead atoms. The second kappa shape index (κ2) is 7.14. The quantitative estimate of drug-likeness (QED) is 0.880. The van der Waals surface area contributed by atoms with E-state index in [2.05, 4.69) is 19.1 Å². The molecule has 1 unspecified atom stereocenters. The number of aliphatic hydroxyl groups is 1. The molecule has 1 N–H and O–H groups in total. The van der Waals surface area contributed by atoms with E-state index in [-0.39, 0.29) is 0 Å². The van der Waals surface area contributed by atoms with Crippen molar-refractivity contribution in [2.24, 2.45) is 0 Å². The maximum absolute atomic E-state index is 10.5. The third kappa shape index (κ3) is 3.76. The van der Waals surface area contributed by atoms with E-state index in [0.29, 0.717) is 12.2 Å². The van der Waals surface area contributed by atoms with Crippen LogP contribution in [-0.2, 0) is 6.42 Å². The van der Waals surface area contributed by atoms with Gasteiger partial charge in [0.2, 0.25) is 0 Å². The number of rotatable bonds is 6. The molecule has 0 aromatic heterocycles. The average molecular weight is 286 g/mol. The molecule has 0 aliphatic carbocycles. The lowest BCUT2D eigenvalue weighted by Gasteiger charge is -2.16. The van der Waals surface area contributed by atoms with Gasteiger partial charge in [0.1, 0.15) is 11.5 Å². The van der Waals surface area contributed by atoms with Crippen LogP contribution in [0.1, 0.15) is 29.2 Å². The fraction of sp³-hybridized carbons (Fsp3) is 0.333. The summed E-state index contributed by atoms with van der Waals surface area (Å²) in [7, 11) is 3.23. The van der Waals surface area contributed by atoms with Gasteiger partial charge in [0.25, 0.3) is 0 Å². The summed E-state index contributed by atoms with van der Waals surface area (Å²) in [6.45, 7) is 2.09. The number of benzene rings is 2. The summed E-state index contributed by atoms with van der Waals surface area (Å²) < 4.78 is 10.5. The zero-order chi connectivity index (χ0) is 15.2. The first-order valence-electron chi connectivity index (χ1n) is 7.10. The Kier molecular flexibility index (Phi) is 5.23. The molecule has 0 aliphatic rings. The minimum Gasteiger partial charge on any atom is -0.497 e. The summed E-state index contributed by atoms with van der Waals surface area (Å²) in [6.07, 6.45) is 0.900. The van der Waals surface area contributed by atoms with Crippen LogP contribution >= 0.6 is 0 Å². The molecule has 0 heterocycles. The normalized spacial score (nSPS) is 12.0. The van der Waals surface area contributed by atoms with E-state index >= 15 is 0 Å². The summed E-state index contributed by atoms with van der Waals surface area (Å²) in [5.41, 5.74) is 3.28. The van der Waals surface area contributed by atoms with Crippen LogP contribution < -0.4 is 9.47 Å². The summed E-state index contributed by atoms with van der Waals surface area (Å²) >= 11 is 0. The molecule has 0 spiro atoms. The van der Waals surface area contributed by atoms with E-state index in [1.807, 2.05) is 30.3 Å². The Morgan fingerprint density at radius 2 is 1.81 bits per heavy atom. The van der Waals surface area contributed by atoms with E-state index in [4.69, 9.17) is 9.47 Å². The Bertz CT molecular complexity index is 593. The van der Waals surface area contributed by atoms with Crippen molar-refractivity contribution in [2.45, 2.75) is 25.9 Å². The fourth-order valence-corrected chi connectivity index (χ4v) is 2.44. The van der Waals surface area contributed by atoms with Gasteiger partial charge >= 0.3 is 0 Å². The van der Waals surface area contributed by atoms with Crippen LogP contribution in [0.2, 0.25) is 0 Å². The summed E-state index contributed by atoms with van der Waals surface area (Å²) in [4.78, 5) is 0. The molecule has 1 atom stereocenters. The van der Waals surface area contributed by atoms with Crippen LogP contribution in [0, 0.1) is 6.92 Å². The Hall–Kier alpha value is -2.00. The molecule has 2 rings (SSSR count). The lowest BCUT2D eigenvalue weighted by Crippen LogP contribution is -2.03. The smallest absolute Gasteiger partial charge is 0.124 e. The maximum atomic E-state index is 10.5. The van der Waals surface area contributed by atoms with Gasteiger partial charge < -0.3 is 14.6 Å². The molecular weight excluding hydrogens is 264 g/mol. The van der Waals surface area contributed by atoms with Crippen molar-refractivity contribution >= 4 is 0 Å². The first-order chi connectivity index (χ1) is 10.2. The van der Waals surface area contributed by atoms with Gasteiger partial charge in [0, 0.05) is 5.56 Å². The fourth-order valence-electron chi connectivity index (χ4n) is 2.44. The van der Waals surface area contributed by atoms with Crippen LogP contribution in [0.15, 0.2) is 42.5 Å². The average Bonchev–Trinajstić information content (AvgIpc) is 2.53. The van der Waals surface area contributed by atoms with Crippen molar-refractivity contribution < 1.29 is 14.6 Å². The highest BCUT2D eigenvalue weighted by Crippen LogP contribution is 2.31. The predicted molar refractivity (Wildman–Crippen MR) is 84.0 cm³/mol. The van der Waals surface area contributed by atoms with Crippen LogP contribution in [0.3, 0.4) is 0 Å². The minimum absolute atomic E-state index is 0.574. The van der Waals surface area contributed by atoms with Gasteiger partial charge in [-0.25, -0.2) is 0 Å². The number of aryl methyl sites for hydroxylation is 2. The molecule has 0 aliphatic heterocycles. The predicted octanol–water partition coefficient (Wildman–Crippen LogP) is 3.68. The van der Waals surface area contributed by atoms with Crippen molar-refractivity contribution in [2.75, 3.05) is 14.2 Å². The SMILES string of the molecule is COc1ccc(OC)c(C(O)CCc2ccccc2C)c1. The van der Waals surface area contributed by atoms with Crippen LogP contribution in [-0.4, -0.2) is 19.3 Å². The monoisotopic (exact) mass is 286 g/mol. The van der Waals surface area contributed by atoms with E-state index in [0.717, 1.165) is 17.7 Å². The lowest BCUT2D eigenvalue weighted by atomic mass is 9.98. The van der Waals surface area contributed by atoms with Crippen molar-refractivity contribution in [1.29, 1.82) is 0 Å². The number of ether oxygens (including phenoxy) is 2. The second-order valence-electron chi connectivity index (χ2n) is 5.09. The summed E-state index contributed by atoms with van der Waals surface area (Å²) in [5.74, 6) is 1.41. The Labute approximate surface area is 126 Å². The number of hydrogen-bond donors (Lipinski definition) is 1. The number of aliphatic hydroxyl groups excluding tert-OH is 1. The highest BCUT2D eigenvalue weighted by molar-refractivity contribution is 5.41. The minimum atomic E-state index is -0.574. The van der Waals surface area contributed by atoms with Crippen LogP contribution in [0.5, 0.6) is 11.5 Å². The third-order valence-corrected chi connectivity index (χ3v) is 3.74. The zero-order valence-electron chi connectivity index (χ0n) is 12.8. The third-order valence-electron chi connectivity index (χ3n) is 3.74. The van der Waals surface area contributed by atoms with Crippen LogP contribution in [0.4, 0.5) is 0 Å². The topological polar surface area (TPSA) is 38.7 Å². The summed E-state index contributed by atoms with van der Waals surface area (Å²) in [5, 5.41) is 10.5. The largest absolute Gasteiger partial charge is 0.497 e. The molecule has 3 nitrogen and oxygen atoms in total. The van der Waals surface area contributed by atoms with Gasteiger partial charge in [-0.3, -0.25) is 0 Å². The molecule has 21 heavy (non-hydrogen) atoms.